The summed E-state index contributed by atoms with van der Waals surface area (Å²) in [7, 11) is 0. The Bertz CT molecular complexity index is 1280. The van der Waals surface area contributed by atoms with Crippen LogP contribution >= 0.6 is 0 Å². The first-order chi connectivity index (χ1) is 16.8. The summed E-state index contributed by atoms with van der Waals surface area (Å²) in [5.41, 5.74) is 4.18. The summed E-state index contributed by atoms with van der Waals surface area (Å²) in [6, 6.07) is 15.7. The summed E-state index contributed by atoms with van der Waals surface area (Å²) in [5.74, 6) is -0.529. The largest absolute Gasteiger partial charge is 0.507 e. The highest BCUT2D eigenvalue weighted by Crippen LogP contribution is 2.41. The maximum Gasteiger partial charge on any atom is 0.295 e. The van der Waals surface area contributed by atoms with Gasteiger partial charge in [0.2, 0.25) is 0 Å². The first kappa shape index (κ1) is 24.2. The van der Waals surface area contributed by atoms with E-state index in [1.165, 1.54) is 4.90 Å². The number of ether oxygens (including phenoxy) is 1. The summed E-state index contributed by atoms with van der Waals surface area (Å²) in [5, 5.41) is 11.3. The molecule has 1 aliphatic rings. The second-order valence-corrected chi connectivity index (χ2v) is 9.36. The number of amides is 1. The molecule has 1 atom stereocenters. The van der Waals surface area contributed by atoms with Crippen molar-refractivity contribution in [3.8, 4) is 5.75 Å². The number of hydrogen-bond acceptors (Lipinski definition) is 5. The van der Waals surface area contributed by atoms with E-state index < -0.39 is 17.7 Å². The van der Waals surface area contributed by atoms with Crippen molar-refractivity contribution in [1.29, 1.82) is 0 Å². The highest BCUT2D eigenvalue weighted by Gasteiger charge is 2.46. The monoisotopic (exact) mass is 470 g/mol. The van der Waals surface area contributed by atoms with Crippen LogP contribution in [-0.4, -0.2) is 33.3 Å². The van der Waals surface area contributed by atoms with Gasteiger partial charge in [0.15, 0.2) is 0 Å². The minimum absolute atomic E-state index is 0.0771. The Morgan fingerprint density at radius 3 is 2.46 bits per heavy atom. The highest BCUT2D eigenvalue weighted by molar-refractivity contribution is 6.46. The van der Waals surface area contributed by atoms with E-state index in [-0.39, 0.29) is 17.9 Å². The van der Waals surface area contributed by atoms with Gasteiger partial charge in [0, 0.05) is 24.5 Å². The van der Waals surface area contributed by atoms with Crippen LogP contribution in [0, 0.1) is 19.8 Å². The molecule has 1 fully saturated rings. The second kappa shape index (κ2) is 10.1. The van der Waals surface area contributed by atoms with E-state index in [1.807, 2.05) is 62.4 Å². The number of hydrogen-bond donors (Lipinski definition) is 1. The third kappa shape index (κ3) is 5.11. The molecule has 1 aliphatic heterocycles. The molecule has 1 N–H and O–H groups in total. The molecule has 2 aromatic carbocycles. The lowest BCUT2D eigenvalue weighted by molar-refractivity contribution is -0.140. The minimum atomic E-state index is -0.757. The van der Waals surface area contributed by atoms with Gasteiger partial charge >= 0.3 is 0 Å². The smallest absolute Gasteiger partial charge is 0.295 e. The number of likely N-dealkylation sites (tertiary alicyclic amines) is 1. The topological polar surface area (TPSA) is 79.7 Å². The fourth-order valence-corrected chi connectivity index (χ4v) is 4.16. The molecule has 1 unspecified atom stereocenters. The summed E-state index contributed by atoms with van der Waals surface area (Å²) in [6.07, 6.45) is 3.30. The van der Waals surface area contributed by atoms with Gasteiger partial charge in [0.1, 0.15) is 11.5 Å². The number of carbonyl (C=O) groups is 2. The quantitative estimate of drug-likeness (QED) is 0.286. The van der Waals surface area contributed by atoms with Gasteiger partial charge in [-0.25, -0.2) is 0 Å². The van der Waals surface area contributed by atoms with E-state index in [0.29, 0.717) is 29.4 Å². The van der Waals surface area contributed by atoms with Gasteiger partial charge in [-0.15, -0.1) is 0 Å². The summed E-state index contributed by atoms with van der Waals surface area (Å²) >= 11 is 0. The van der Waals surface area contributed by atoms with Crippen LogP contribution in [0.25, 0.3) is 5.76 Å². The molecule has 4 rings (SSSR count). The number of benzene rings is 2. The molecule has 180 valence electrons. The maximum absolute atomic E-state index is 13.3. The van der Waals surface area contributed by atoms with Crippen LogP contribution in [0.1, 0.15) is 47.7 Å². The molecule has 6 heteroatoms. The number of carbonyl (C=O) groups excluding carboxylic acids is 2. The van der Waals surface area contributed by atoms with Crippen molar-refractivity contribution in [2.45, 2.75) is 40.3 Å². The summed E-state index contributed by atoms with van der Waals surface area (Å²) in [4.78, 5) is 32.1. The molecule has 1 aromatic heterocycles. The Morgan fingerprint density at radius 2 is 1.77 bits per heavy atom. The molecule has 2 heterocycles. The lowest BCUT2D eigenvalue weighted by Gasteiger charge is -2.26. The van der Waals surface area contributed by atoms with E-state index in [1.54, 1.807) is 18.5 Å². The van der Waals surface area contributed by atoms with E-state index in [2.05, 4.69) is 18.8 Å². The molecule has 1 amide bonds. The minimum Gasteiger partial charge on any atom is -0.507 e. The number of rotatable bonds is 7. The van der Waals surface area contributed by atoms with E-state index in [9.17, 15) is 14.7 Å². The molecule has 0 spiro atoms. The second-order valence-electron chi connectivity index (χ2n) is 9.36. The van der Waals surface area contributed by atoms with Crippen molar-refractivity contribution in [2.24, 2.45) is 5.92 Å². The Morgan fingerprint density at radius 1 is 1.03 bits per heavy atom. The Kier molecular flexibility index (Phi) is 7.01. The predicted octanol–water partition coefficient (Wildman–Crippen LogP) is 5.36. The van der Waals surface area contributed by atoms with Gasteiger partial charge < -0.3 is 14.7 Å². The lowest BCUT2D eigenvalue weighted by Crippen LogP contribution is -2.29. The van der Waals surface area contributed by atoms with Crippen molar-refractivity contribution in [3.63, 3.8) is 0 Å². The fraction of sp³-hybridized carbons (Fsp3) is 0.276. The SMILES string of the molecule is Cc1ccc(/C(O)=C2/C(=O)C(=O)N(Cc3ccncc3)C2c2cccc(OCC(C)C)c2)cc1C. The molecular weight excluding hydrogens is 440 g/mol. The molecule has 0 bridgehead atoms. The van der Waals surface area contributed by atoms with Gasteiger partial charge in [0.05, 0.1) is 18.2 Å². The molecule has 6 nitrogen and oxygen atoms in total. The highest BCUT2D eigenvalue weighted by atomic mass is 16.5. The molecule has 0 radical (unpaired) electrons. The van der Waals surface area contributed by atoms with Gasteiger partial charge in [-0.3, -0.25) is 14.6 Å². The number of Topliss-reactive ketones (excluding diaryl/α,β-unsaturated/α-hetero) is 1. The van der Waals surface area contributed by atoms with E-state index >= 15 is 0 Å². The van der Waals surface area contributed by atoms with Crippen LogP contribution in [-0.2, 0) is 16.1 Å². The number of aryl methyl sites for hydroxylation is 2. The zero-order valence-electron chi connectivity index (χ0n) is 20.5. The van der Waals surface area contributed by atoms with Crippen molar-refractivity contribution < 1.29 is 19.4 Å². The first-order valence-electron chi connectivity index (χ1n) is 11.7. The number of aromatic nitrogens is 1. The number of aliphatic hydroxyl groups excluding tert-OH is 1. The third-order valence-electron chi connectivity index (χ3n) is 6.18. The van der Waals surface area contributed by atoms with Gasteiger partial charge in [0.25, 0.3) is 11.7 Å². The van der Waals surface area contributed by atoms with Gasteiger partial charge in [-0.05, 0) is 72.4 Å². The van der Waals surface area contributed by atoms with Crippen LogP contribution in [0.15, 0.2) is 72.6 Å². The van der Waals surface area contributed by atoms with Crippen LogP contribution in [0.3, 0.4) is 0 Å². The normalized spacial score (nSPS) is 17.3. The summed E-state index contributed by atoms with van der Waals surface area (Å²) < 4.78 is 5.91. The number of ketones is 1. The fourth-order valence-electron chi connectivity index (χ4n) is 4.16. The Labute approximate surface area is 205 Å². The Balaban J connectivity index is 1.84. The van der Waals surface area contributed by atoms with Crippen LogP contribution in [0.4, 0.5) is 0 Å². The molecule has 35 heavy (non-hydrogen) atoms. The van der Waals surface area contributed by atoms with Gasteiger partial charge in [-0.1, -0.05) is 38.1 Å². The third-order valence-corrected chi connectivity index (χ3v) is 6.18. The molecule has 0 aliphatic carbocycles. The molecule has 1 saturated heterocycles. The molecule has 3 aromatic rings. The zero-order valence-corrected chi connectivity index (χ0v) is 20.5. The average molecular weight is 471 g/mol. The van der Waals surface area contributed by atoms with E-state index in [4.69, 9.17) is 4.74 Å². The number of aliphatic hydroxyl groups is 1. The molecule has 0 saturated carbocycles. The van der Waals surface area contributed by atoms with Crippen LogP contribution in [0.5, 0.6) is 5.75 Å². The number of pyridine rings is 1. The lowest BCUT2D eigenvalue weighted by atomic mass is 9.94. The van der Waals surface area contributed by atoms with Crippen LogP contribution in [0.2, 0.25) is 0 Å². The average Bonchev–Trinajstić information content (AvgIpc) is 3.09. The zero-order chi connectivity index (χ0) is 25.1. The Hall–Kier alpha value is -3.93. The van der Waals surface area contributed by atoms with Crippen molar-refractivity contribution in [2.75, 3.05) is 6.61 Å². The molecular formula is C29H30N2O4. The van der Waals surface area contributed by atoms with Crippen LogP contribution < -0.4 is 4.74 Å². The number of nitrogens with zero attached hydrogens (tertiary/aromatic N) is 2. The standard InChI is InChI=1S/C29H30N2O4/c1-18(2)17-35-24-7-5-6-22(15-24)26-25(27(32)23-9-8-19(3)20(4)14-23)28(33)29(34)31(26)16-21-10-12-30-13-11-21/h5-15,18,26,32H,16-17H2,1-4H3/b27-25-. The van der Waals surface area contributed by atoms with Gasteiger partial charge in [-0.2, -0.15) is 0 Å². The van der Waals surface area contributed by atoms with Crippen molar-refractivity contribution >= 4 is 17.4 Å². The van der Waals surface area contributed by atoms with E-state index in [0.717, 1.165) is 16.7 Å². The summed E-state index contributed by atoms with van der Waals surface area (Å²) in [6.45, 7) is 8.81. The van der Waals surface area contributed by atoms with Crippen molar-refractivity contribution in [3.05, 3.63) is 100 Å². The van der Waals surface area contributed by atoms with Crippen molar-refractivity contribution in [1.82, 2.24) is 9.88 Å². The first-order valence-corrected chi connectivity index (χ1v) is 11.7. The predicted molar refractivity (Wildman–Crippen MR) is 135 cm³/mol. The maximum atomic E-state index is 13.3.